The van der Waals surface area contributed by atoms with Crippen LogP contribution >= 0.6 is 27.7 Å². The molecule has 3 rings (SSSR count). The third-order valence-corrected chi connectivity index (χ3v) is 5.25. The number of rotatable bonds is 4. The zero-order chi connectivity index (χ0) is 21.2. The number of nitrogens with one attached hydrogen (secondary N) is 1. The van der Waals surface area contributed by atoms with Crippen molar-refractivity contribution in [3.63, 3.8) is 0 Å². The van der Waals surface area contributed by atoms with E-state index in [0.29, 0.717) is 17.4 Å². The number of anilines is 1. The van der Waals surface area contributed by atoms with Crippen LogP contribution in [0.2, 0.25) is 0 Å². The first kappa shape index (κ1) is 21.1. The molecule has 0 unspecified atom stereocenters. The van der Waals surface area contributed by atoms with Gasteiger partial charge in [0.25, 0.3) is 11.1 Å². The van der Waals surface area contributed by atoms with E-state index >= 15 is 0 Å². The summed E-state index contributed by atoms with van der Waals surface area (Å²) in [7, 11) is 0. The maximum absolute atomic E-state index is 12.8. The quantitative estimate of drug-likeness (QED) is 0.609. The van der Waals surface area contributed by atoms with Crippen molar-refractivity contribution in [3.05, 3.63) is 69.0 Å². The van der Waals surface area contributed by atoms with Crippen LogP contribution < -0.4 is 5.32 Å². The number of amides is 3. The highest BCUT2D eigenvalue weighted by molar-refractivity contribution is 9.10. The van der Waals surface area contributed by atoms with Crippen LogP contribution in [0, 0.1) is 0 Å². The van der Waals surface area contributed by atoms with Crippen LogP contribution in [0.15, 0.2) is 57.9 Å². The van der Waals surface area contributed by atoms with Crippen molar-refractivity contribution in [1.29, 1.82) is 0 Å². The third kappa shape index (κ3) is 5.27. The smallest absolute Gasteiger partial charge is 0.325 e. The Hall–Kier alpha value is -2.59. The van der Waals surface area contributed by atoms with E-state index in [4.69, 9.17) is 0 Å². The van der Waals surface area contributed by atoms with E-state index in [1.807, 2.05) is 0 Å². The first-order valence-corrected chi connectivity index (χ1v) is 9.72. The van der Waals surface area contributed by atoms with E-state index in [2.05, 4.69) is 21.2 Å². The van der Waals surface area contributed by atoms with E-state index in [9.17, 15) is 27.6 Å². The number of alkyl halides is 3. The Morgan fingerprint density at radius 2 is 1.83 bits per heavy atom. The Bertz CT molecular complexity index is 1010. The predicted octanol–water partition coefficient (Wildman–Crippen LogP) is 5.14. The van der Waals surface area contributed by atoms with Crippen molar-refractivity contribution in [2.75, 3.05) is 11.9 Å². The highest BCUT2D eigenvalue weighted by atomic mass is 79.9. The monoisotopic (exact) mass is 484 g/mol. The summed E-state index contributed by atoms with van der Waals surface area (Å²) in [5.41, 5.74) is -0.242. The Morgan fingerprint density at radius 3 is 2.48 bits per heavy atom. The molecule has 5 nitrogen and oxygen atoms in total. The van der Waals surface area contributed by atoms with Gasteiger partial charge < -0.3 is 5.32 Å². The van der Waals surface area contributed by atoms with Gasteiger partial charge in [-0.2, -0.15) is 13.2 Å². The topological polar surface area (TPSA) is 66.5 Å². The number of carbonyl (C=O) groups excluding carboxylic acids is 3. The molecule has 1 N–H and O–H groups in total. The van der Waals surface area contributed by atoms with E-state index in [-0.39, 0.29) is 10.5 Å². The highest BCUT2D eigenvalue weighted by Crippen LogP contribution is 2.34. The molecule has 2 aromatic rings. The van der Waals surface area contributed by atoms with Crippen molar-refractivity contribution >= 4 is 56.5 Å². The molecule has 150 valence electrons. The number of imide groups is 1. The van der Waals surface area contributed by atoms with E-state index in [1.54, 1.807) is 24.3 Å². The van der Waals surface area contributed by atoms with Gasteiger partial charge in [0.2, 0.25) is 5.91 Å². The molecule has 0 radical (unpaired) electrons. The first-order valence-electron chi connectivity index (χ1n) is 8.11. The average molecular weight is 485 g/mol. The second kappa shape index (κ2) is 8.42. The number of carbonyl (C=O) groups is 3. The predicted molar refractivity (Wildman–Crippen MR) is 107 cm³/mol. The Kier molecular flexibility index (Phi) is 6.13. The third-order valence-electron chi connectivity index (χ3n) is 3.82. The molecule has 0 aromatic heterocycles. The van der Waals surface area contributed by atoms with Gasteiger partial charge in [-0.3, -0.25) is 19.3 Å². The number of hydrogen-bond donors (Lipinski definition) is 1. The Morgan fingerprint density at radius 1 is 1.14 bits per heavy atom. The lowest BCUT2D eigenvalue weighted by Crippen LogP contribution is -2.36. The standard InChI is InChI=1S/C19H12BrF3N2O3S/c20-13-4-6-14(7-5-13)24-16(26)10-25-17(27)15(29-18(25)28)9-11-2-1-3-12(8-11)19(21,22)23/h1-9H,10H2,(H,24,26)/b15-9+. The fourth-order valence-electron chi connectivity index (χ4n) is 2.47. The molecule has 10 heteroatoms. The molecule has 3 amide bonds. The Balaban J connectivity index is 1.71. The molecule has 29 heavy (non-hydrogen) atoms. The van der Waals surface area contributed by atoms with Crippen LogP contribution in [0.1, 0.15) is 11.1 Å². The molecular formula is C19H12BrF3N2O3S. The minimum absolute atomic E-state index is 0.0502. The first-order chi connectivity index (χ1) is 13.6. The second-order valence-electron chi connectivity index (χ2n) is 5.95. The fourth-order valence-corrected chi connectivity index (χ4v) is 3.57. The molecule has 2 aromatic carbocycles. The second-order valence-corrected chi connectivity index (χ2v) is 7.86. The van der Waals surface area contributed by atoms with Crippen molar-refractivity contribution in [2.45, 2.75) is 6.18 Å². The van der Waals surface area contributed by atoms with Crippen LogP contribution in [-0.2, 0) is 15.8 Å². The van der Waals surface area contributed by atoms with Crippen molar-refractivity contribution < 1.29 is 27.6 Å². The zero-order valence-electron chi connectivity index (χ0n) is 14.5. The molecule has 0 aliphatic carbocycles. The van der Waals surface area contributed by atoms with Gasteiger partial charge in [-0.05, 0) is 59.8 Å². The summed E-state index contributed by atoms with van der Waals surface area (Å²) >= 11 is 3.84. The Labute approximate surface area is 176 Å². The van der Waals surface area contributed by atoms with E-state index in [1.165, 1.54) is 18.2 Å². The summed E-state index contributed by atoms with van der Waals surface area (Å²) < 4.78 is 39.3. The van der Waals surface area contributed by atoms with Gasteiger partial charge in [-0.1, -0.05) is 28.1 Å². The molecule has 1 saturated heterocycles. The minimum Gasteiger partial charge on any atom is -0.325 e. The minimum atomic E-state index is -4.52. The van der Waals surface area contributed by atoms with Crippen LogP contribution in [0.3, 0.4) is 0 Å². The molecule has 0 bridgehead atoms. The van der Waals surface area contributed by atoms with Crippen LogP contribution in [-0.4, -0.2) is 28.5 Å². The number of hydrogen-bond acceptors (Lipinski definition) is 4. The largest absolute Gasteiger partial charge is 0.416 e. The normalized spacial score (nSPS) is 15.9. The van der Waals surface area contributed by atoms with Crippen molar-refractivity contribution in [3.8, 4) is 0 Å². The molecule has 1 fully saturated rings. The van der Waals surface area contributed by atoms with E-state index in [0.717, 1.165) is 21.5 Å². The summed E-state index contributed by atoms with van der Waals surface area (Å²) in [6.45, 7) is -0.499. The molecule has 0 atom stereocenters. The zero-order valence-corrected chi connectivity index (χ0v) is 16.9. The van der Waals surface area contributed by atoms with Crippen LogP contribution in [0.4, 0.5) is 23.7 Å². The number of nitrogens with zero attached hydrogens (tertiary/aromatic N) is 1. The highest BCUT2D eigenvalue weighted by Gasteiger charge is 2.36. The summed E-state index contributed by atoms with van der Waals surface area (Å²) in [4.78, 5) is 37.4. The molecule has 1 aliphatic rings. The van der Waals surface area contributed by atoms with Gasteiger partial charge in [-0.25, -0.2) is 0 Å². The van der Waals surface area contributed by atoms with Crippen LogP contribution in [0.25, 0.3) is 6.08 Å². The van der Waals surface area contributed by atoms with Gasteiger partial charge in [0.1, 0.15) is 6.54 Å². The molecular weight excluding hydrogens is 473 g/mol. The summed E-state index contributed by atoms with van der Waals surface area (Å²) in [6, 6.07) is 11.1. The molecule has 0 spiro atoms. The average Bonchev–Trinajstić information content (AvgIpc) is 2.90. The van der Waals surface area contributed by atoms with Gasteiger partial charge in [0, 0.05) is 10.2 Å². The van der Waals surface area contributed by atoms with Crippen molar-refractivity contribution in [2.24, 2.45) is 0 Å². The molecule has 1 heterocycles. The lowest BCUT2D eigenvalue weighted by atomic mass is 10.1. The maximum Gasteiger partial charge on any atom is 0.416 e. The molecule has 1 aliphatic heterocycles. The van der Waals surface area contributed by atoms with Gasteiger partial charge in [0.05, 0.1) is 10.5 Å². The maximum atomic E-state index is 12.8. The van der Waals surface area contributed by atoms with E-state index < -0.39 is 35.3 Å². The number of thioether (sulfide) groups is 1. The number of halogens is 4. The van der Waals surface area contributed by atoms with Crippen molar-refractivity contribution in [1.82, 2.24) is 4.90 Å². The lowest BCUT2D eigenvalue weighted by molar-refractivity contribution is -0.137. The molecule has 0 saturated carbocycles. The summed E-state index contributed by atoms with van der Waals surface area (Å²) in [6.07, 6.45) is -3.32. The van der Waals surface area contributed by atoms with Crippen LogP contribution in [0.5, 0.6) is 0 Å². The number of benzene rings is 2. The lowest BCUT2D eigenvalue weighted by Gasteiger charge is -2.12. The SMILES string of the molecule is O=C(CN1C(=O)S/C(=C/c2cccc(C(F)(F)F)c2)C1=O)Nc1ccc(Br)cc1. The fraction of sp³-hybridized carbons (Fsp3) is 0.105. The summed E-state index contributed by atoms with van der Waals surface area (Å²) in [5.74, 6) is -1.31. The van der Waals surface area contributed by atoms with Gasteiger partial charge in [-0.15, -0.1) is 0 Å². The van der Waals surface area contributed by atoms with Gasteiger partial charge in [0.15, 0.2) is 0 Å². The van der Waals surface area contributed by atoms with Gasteiger partial charge >= 0.3 is 6.18 Å². The summed E-state index contributed by atoms with van der Waals surface area (Å²) in [5, 5.41) is 1.90.